The summed E-state index contributed by atoms with van der Waals surface area (Å²) >= 11 is 0. The van der Waals surface area contributed by atoms with E-state index in [1.807, 2.05) is 5.43 Å². The molecule has 4 atom stereocenters. The number of carbonyl (C=O) groups is 2. The van der Waals surface area contributed by atoms with Gasteiger partial charge in [-0.25, -0.2) is 5.01 Å². The summed E-state index contributed by atoms with van der Waals surface area (Å²) in [6.07, 6.45) is -6.16. The van der Waals surface area contributed by atoms with Gasteiger partial charge in [0.2, 0.25) is 17.5 Å². The van der Waals surface area contributed by atoms with Gasteiger partial charge in [-0.3, -0.25) is 15.0 Å². The second-order valence-electron chi connectivity index (χ2n) is 4.24. The number of hydrazine groups is 1. The molecule has 0 radical (unpaired) electrons. The summed E-state index contributed by atoms with van der Waals surface area (Å²) in [7, 11) is 0. The monoisotopic (exact) mass is 296 g/mol. The number of aliphatic hydroxyl groups is 6. The molecule has 0 saturated heterocycles. The van der Waals surface area contributed by atoms with Gasteiger partial charge in [-0.2, -0.15) is 0 Å². The molecule has 118 valence electrons. The molecule has 0 spiro atoms. The molecule has 0 aliphatic heterocycles. The van der Waals surface area contributed by atoms with Crippen molar-refractivity contribution < 1.29 is 40.2 Å². The molecule has 0 aromatic rings. The highest BCUT2D eigenvalue weighted by Gasteiger charge is 2.48. The fourth-order valence-corrected chi connectivity index (χ4v) is 1.49. The standard InChI is InChI=1S/C10H20N2O8/c1-5(15)11-12(6(2)16)10(20,4-14)9(19)8(18)7(17)3-13/h7-9,13-14,17-20H,3-4H2,1-2H3,(H,11,15)/t7-,8+,9+,10-/m1/s1. The minimum absolute atomic E-state index is 0.229. The number of nitrogens with one attached hydrogen (secondary N) is 1. The van der Waals surface area contributed by atoms with Crippen LogP contribution in [0.3, 0.4) is 0 Å². The van der Waals surface area contributed by atoms with Crippen LogP contribution in [0.4, 0.5) is 0 Å². The van der Waals surface area contributed by atoms with Crippen molar-refractivity contribution in [2.45, 2.75) is 37.9 Å². The molecule has 2 amide bonds. The number of aliphatic hydroxyl groups excluding tert-OH is 5. The molecule has 10 nitrogen and oxygen atoms in total. The van der Waals surface area contributed by atoms with Gasteiger partial charge < -0.3 is 30.6 Å². The third kappa shape index (κ3) is 4.10. The molecular weight excluding hydrogens is 276 g/mol. The number of carbonyl (C=O) groups excluding carboxylic acids is 2. The lowest BCUT2D eigenvalue weighted by atomic mass is 9.97. The quantitative estimate of drug-likeness (QED) is 0.190. The third-order valence-electron chi connectivity index (χ3n) is 2.58. The molecule has 7 N–H and O–H groups in total. The van der Waals surface area contributed by atoms with E-state index in [4.69, 9.17) is 5.11 Å². The molecule has 10 heteroatoms. The number of amides is 2. The van der Waals surface area contributed by atoms with Crippen molar-refractivity contribution in [1.82, 2.24) is 10.4 Å². The number of hydrogen-bond donors (Lipinski definition) is 7. The minimum Gasteiger partial charge on any atom is -0.394 e. The largest absolute Gasteiger partial charge is 0.394 e. The van der Waals surface area contributed by atoms with Gasteiger partial charge in [0.25, 0.3) is 0 Å². The Morgan fingerprint density at radius 2 is 1.70 bits per heavy atom. The Morgan fingerprint density at radius 3 is 2.00 bits per heavy atom. The smallest absolute Gasteiger partial charge is 0.240 e. The van der Waals surface area contributed by atoms with Gasteiger partial charge in [-0.1, -0.05) is 0 Å². The van der Waals surface area contributed by atoms with Crippen molar-refractivity contribution >= 4 is 11.8 Å². The molecule has 0 rings (SSSR count). The van der Waals surface area contributed by atoms with Crippen LogP contribution in [0.25, 0.3) is 0 Å². The molecule has 0 aliphatic carbocycles. The first kappa shape index (κ1) is 18.7. The van der Waals surface area contributed by atoms with Gasteiger partial charge in [-0.15, -0.1) is 0 Å². The number of rotatable bonds is 6. The first-order valence-electron chi connectivity index (χ1n) is 5.68. The highest BCUT2D eigenvalue weighted by molar-refractivity contribution is 5.79. The molecule has 0 fully saturated rings. The van der Waals surface area contributed by atoms with Gasteiger partial charge in [0.1, 0.15) is 18.3 Å². The Labute approximate surface area is 114 Å². The van der Waals surface area contributed by atoms with E-state index in [1.54, 1.807) is 0 Å². The fourth-order valence-electron chi connectivity index (χ4n) is 1.49. The molecule has 20 heavy (non-hydrogen) atoms. The SMILES string of the molecule is CC(=O)NN(C(C)=O)[C@@](O)(CO)[C@@H](O)[C@@H](O)[C@H](O)CO. The van der Waals surface area contributed by atoms with Crippen LogP contribution in [-0.4, -0.2) is 84.7 Å². The average molecular weight is 296 g/mol. The third-order valence-corrected chi connectivity index (χ3v) is 2.58. The van der Waals surface area contributed by atoms with Crippen LogP contribution in [0.5, 0.6) is 0 Å². The molecule has 0 heterocycles. The van der Waals surface area contributed by atoms with Gasteiger partial charge >= 0.3 is 0 Å². The molecule has 0 saturated carbocycles. The lowest BCUT2D eigenvalue weighted by molar-refractivity contribution is -0.244. The molecule has 0 aliphatic rings. The summed E-state index contributed by atoms with van der Waals surface area (Å²) < 4.78 is 0. The molecule has 0 aromatic heterocycles. The zero-order valence-corrected chi connectivity index (χ0v) is 11.1. The summed E-state index contributed by atoms with van der Waals surface area (Å²) in [6, 6.07) is 0. The van der Waals surface area contributed by atoms with Gasteiger partial charge in [-0.05, 0) is 0 Å². The Bertz CT molecular complexity index is 352. The number of nitrogens with zero attached hydrogens (tertiary/aromatic N) is 1. The highest BCUT2D eigenvalue weighted by atomic mass is 16.4. The van der Waals surface area contributed by atoms with Crippen molar-refractivity contribution in [3.8, 4) is 0 Å². The second kappa shape index (κ2) is 7.47. The van der Waals surface area contributed by atoms with Crippen molar-refractivity contribution in [1.29, 1.82) is 0 Å². The van der Waals surface area contributed by atoms with E-state index >= 15 is 0 Å². The lowest BCUT2D eigenvalue weighted by Crippen LogP contribution is -2.69. The van der Waals surface area contributed by atoms with E-state index in [9.17, 15) is 35.1 Å². The first-order chi connectivity index (χ1) is 9.11. The zero-order valence-electron chi connectivity index (χ0n) is 11.1. The maximum atomic E-state index is 11.4. The van der Waals surface area contributed by atoms with Crippen molar-refractivity contribution in [2.24, 2.45) is 0 Å². The summed E-state index contributed by atoms with van der Waals surface area (Å²) in [6.45, 7) is -0.236. The van der Waals surface area contributed by atoms with E-state index in [1.165, 1.54) is 0 Å². The highest BCUT2D eigenvalue weighted by Crippen LogP contribution is 2.19. The van der Waals surface area contributed by atoms with E-state index < -0.39 is 49.1 Å². The maximum absolute atomic E-state index is 11.4. The van der Waals surface area contributed by atoms with E-state index in [0.29, 0.717) is 0 Å². The van der Waals surface area contributed by atoms with Crippen LogP contribution in [0, 0.1) is 0 Å². The predicted octanol–water partition coefficient (Wildman–Crippen LogP) is -4.36. The normalized spacial score (nSPS) is 18.6. The summed E-state index contributed by atoms with van der Waals surface area (Å²) in [5.74, 6) is -1.72. The van der Waals surface area contributed by atoms with Crippen molar-refractivity contribution in [2.75, 3.05) is 13.2 Å². The van der Waals surface area contributed by atoms with Crippen LogP contribution >= 0.6 is 0 Å². The van der Waals surface area contributed by atoms with Crippen molar-refractivity contribution in [3.63, 3.8) is 0 Å². The summed E-state index contributed by atoms with van der Waals surface area (Å²) in [5, 5.41) is 56.7. The van der Waals surface area contributed by atoms with Crippen LogP contribution in [-0.2, 0) is 9.59 Å². The van der Waals surface area contributed by atoms with Crippen LogP contribution in [0.15, 0.2) is 0 Å². The van der Waals surface area contributed by atoms with Crippen LogP contribution < -0.4 is 5.43 Å². The van der Waals surface area contributed by atoms with Crippen LogP contribution in [0.1, 0.15) is 13.8 Å². The molecule has 0 bridgehead atoms. The molecule has 0 unspecified atom stereocenters. The summed E-state index contributed by atoms with van der Waals surface area (Å²) in [4.78, 5) is 22.4. The maximum Gasteiger partial charge on any atom is 0.240 e. The Hall–Kier alpha value is -1.30. The zero-order chi connectivity index (χ0) is 16.1. The second-order valence-corrected chi connectivity index (χ2v) is 4.24. The van der Waals surface area contributed by atoms with Gasteiger partial charge in [0.15, 0.2) is 0 Å². The van der Waals surface area contributed by atoms with Gasteiger partial charge in [0, 0.05) is 13.8 Å². The first-order valence-corrected chi connectivity index (χ1v) is 5.68. The Morgan fingerprint density at radius 1 is 1.20 bits per heavy atom. The van der Waals surface area contributed by atoms with E-state index in [2.05, 4.69) is 0 Å². The lowest BCUT2D eigenvalue weighted by Gasteiger charge is -2.42. The van der Waals surface area contributed by atoms with Crippen molar-refractivity contribution in [3.05, 3.63) is 0 Å². The predicted molar refractivity (Wildman–Crippen MR) is 63.5 cm³/mol. The van der Waals surface area contributed by atoms with Gasteiger partial charge in [0.05, 0.1) is 13.2 Å². The van der Waals surface area contributed by atoms with E-state index in [0.717, 1.165) is 13.8 Å². The Kier molecular flexibility index (Phi) is 6.99. The fraction of sp³-hybridized carbons (Fsp3) is 0.800. The number of hydrogen-bond acceptors (Lipinski definition) is 8. The topological polar surface area (TPSA) is 171 Å². The molecular formula is C10H20N2O8. The average Bonchev–Trinajstić information content (AvgIpc) is 2.40. The minimum atomic E-state index is -2.78. The van der Waals surface area contributed by atoms with Crippen LogP contribution in [0.2, 0.25) is 0 Å². The van der Waals surface area contributed by atoms with E-state index in [-0.39, 0.29) is 5.01 Å². The summed E-state index contributed by atoms with van der Waals surface area (Å²) in [5.41, 5.74) is -0.901. The molecule has 0 aromatic carbocycles. The Balaban J connectivity index is 5.41.